The first-order valence-corrected chi connectivity index (χ1v) is 7.02. The van der Waals surface area contributed by atoms with Crippen LogP contribution in [0.1, 0.15) is 21.6 Å². The number of rotatable bonds is 4. The summed E-state index contributed by atoms with van der Waals surface area (Å²) in [5.41, 5.74) is 3.13. The van der Waals surface area contributed by atoms with Crippen LogP contribution in [0, 0.1) is 6.92 Å². The summed E-state index contributed by atoms with van der Waals surface area (Å²) < 4.78 is 1.54. The molecule has 3 aromatic rings. The second-order valence-corrected chi connectivity index (χ2v) is 5.03. The molecule has 0 aliphatic heterocycles. The number of aliphatic hydroxyl groups excluding tert-OH is 1. The second-order valence-electron chi connectivity index (χ2n) is 5.03. The minimum Gasteiger partial charge on any atom is -0.392 e. The lowest BCUT2D eigenvalue weighted by atomic mass is 10.2. The molecular weight excluding hydrogens is 294 g/mol. The van der Waals surface area contributed by atoms with Crippen LogP contribution in [0.4, 0.5) is 5.69 Å². The number of hydrogen-bond donors (Lipinski definition) is 2. The fraction of sp³-hybridized carbons (Fsp3) is 0.125. The Morgan fingerprint density at radius 2 is 2.22 bits per heavy atom. The zero-order chi connectivity index (χ0) is 16.2. The van der Waals surface area contributed by atoms with Gasteiger partial charge in [0.15, 0.2) is 5.69 Å². The Morgan fingerprint density at radius 1 is 1.35 bits per heavy atom. The van der Waals surface area contributed by atoms with Crippen LogP contribution in [-0.2, 0) is 6.61 Å². The fourth-order valence-electron chi connectivity index (χ4n) is 2.12. The van der Waals surface area contributed by atoms with Crippen molar-refractivity contribution in [1.82, 2.24) is 20.0 Å². The number of pyridine rings is 1. The second kappa shape index (κ2) is 6.37. The number of carbonyl (C=O) groups is 1. The van der Waals surface area contributed by atoms with Crippen LogP contribution in [0.25, 0.3) is 5.69 Å². The summed E-state index contributed by atoms with van der Waals surface area (Å²) in [6.45, 7) is 1.79. The van der Waals surface area contributed by atoms with Crippen molar-refractivity contribution in [3.8, 4) is 5.69 Å². The zero-order valence-corrected chi connectivity index (χ0v) is 12.5. The molecule has 0 atom stereocenters. The Hall–Kier alpha value is -3.06. The van der Waals surface area contributed by atoms with E-state index in [2.05, 4.69) is 20.6 Å². The lowest BCUT2D eigenvalue weighted by molar-refractivity contribution is 0.102. The molecule has 0 bridgehead atoms. The highest BCUT2D eigenvalue weighted by Gasteiger charge is 2.13. The Bertz CT molecular complexity index is 844. The Morgan fingerprint density at radius 3 is 3.00 bits per heavy atom. The number of amides is 1. The topological polar surface area (TPSA) is 92.9 Å². The third-order valence-electron chi connectivity index (χ3n) is 3.32. The van der Waals surface area contributed by atoms with Crippen LogP contribution in [0.5, 0.6) is 0 Å². The van der Waals surface area contributed by atoms with Gasteiger partial charge in [0.25, 0.3) is 5.91 Å². The minimum absolute atomic E-state index is 0.180. The number of carbonyl (C=O) groups excluding carboxylic acids is 1. The van der Waals surface area contributed by atoms with E-state index in [1.54, 1.807) is 18.5 Å². The number of hydrogen-bond acceptors (Lipinski definition) is 5. The number of aromatic nitrogens is 4. The summed E-state index contributed by atoms with van der Waals surface area (Å²) in [5.74, 6) is -0.411. The molecular formula is C16H15N5O2. The summed E-state index contributed by atoms with van der Waals surface area (Å²) in [7, 11) is 0. The summed E-state index contributed by atoms with van der Waals surface area (Å²) in [6, 6.07) is 9.36. The average Bonchev–Trinajstić information content (AvgIpc) is 3.05. The molecule has 116 valence electrons. The molecule has 7 nitrogen and oxygen atoms in total. The summed E-state index contributed by atoms with van der Waals surface area (Å²) in [6.07, 6.45) is 4.59. The van der Waals surface area contributed by atoms with Crippen molar-refractivity contribution in [2.75, 3.05) is 5.32 Å². The van der Waals surface area contributed by atoms with Gasteiger partial charge >= 0.3 is 0 Å². The summed E-state index contributed by atoms with van der Waals surface area (Å²) in [5, 5.41) is 19.8. The lowest BCUT2D eigenvalue weighted by Crippen LogP contribution is -2.14. The van der Waals surface area contributed by atoms with Gasteiger partial charge < -0.3 is 10.4 Å². The number of benzene rings is 1. The Balaban J connectivity index is 1.81. The van der Waals surface area contributed by atoms with Gasteiger partial charge in [-0.25, -0.2) is 4.68 Å². The summed E-state index contributed by atoms with van der Waals surface area (Å²) in [4.78, 5) is 16.2. The first kappa shape index (κ1) is 14.9. The molecule has 7 heteroatoms. The van der Waals surface area contributed by atoms with Gasteiger partial charge in [0.2, 0.25) is 0 Å². The van der Waals surface area contributed by atoms with Crippen molar-refractivity contribution in [2.45, 2.75) is 13.5 Å². The van der Waals surface area contributed by atoms with Crippen LogP contribution in [0.15, 0.2) is 48.9 Å². The maximum atomic E-state index is 12.3. The molecule has 1 aromatic carbocycles. The van der Waals surface area contributed by atoms with Crippen LogP contribution in [0.3, 0.4) is 0 Å². The van der Waals surface area contributed by atoms with Gasteiger partial charge in [0, 0.05) is 11.8 Å². The molecule has 23 heavy (non-hydrogen) atoms. The molecule has 0 saturated carbocycles. The largest absolute Gasteiger partial charge is 0.392 e. The molecule has 0 spiro atoms. The predicted octanol–water partition coefficient (Wildman–Crippen LogP) is 1.72. The third-order valence-corrected chi connectivity index (χ3v) is 3.32. The van der Waals surface area contributed by atoms with E-state index in [0.29, 0.717) is 11.3 Å². The summed E-state index contributed by atoms with van der Waals surface area (Å²) >= 11 is 0. The van der Waals surface area contributed by atoms with Gasteiger partial charge in [-0.3, -0.25) is 9.78 Å². The van der Waals surface area contributed by atoms with E-state index in [-0.39, 0.29) is 12.3 Å². The normalized spacial score (nSPS) is 10.5. The molecule has 3 rings (SSSR count). The number of aryl methyl sites for hydroxylation is 1. The number of aliphatic hydroxyl groups is 1. The van der Waals surface area contributed by atoms with Crippen LogP contribution in [0.2, 0.25) is 0 Å². The van der Waals surface area contributed by atoms with Gasteiger partial charge in [0.1, 0.15) is 0 Å². The molecule has 2 aromatic heterocycles. The number of nitrogens with zero attached hydrogens (tertiary/aromatic N) is 4. The van der Waals surface area contributed by atoms with Gasteiger partial charge in [0.05, 0.1) is 30.4 Å². The van der Waals surface area contributed by atoms with Crippen molar-refractivity contribution >= 4 is 11.6 Å². The molecule has 0 radical (unpaired) electrons. The molecule has 0 fully saturated rings. The fourth-order valence-corrected chi connectivity index (χ4v) is 2.12. The Kier molecular flexibility index (Phi) is 4.11. The van der Waals surface area contributed by atoms with Gasteiger partial charge in [-0.2, -0.15) is 0 Å². The maximum absolute atomic E-state index is 12.3. The standard InChI is InChI=1S/C16H15N5O2/c1-11-3-2-4-13(7-11)21-9-15(19-20-21)16(23)18-14-8-17-6-5-12(14)10-22/h2-9,22H,10H2,1H3,(H,18,23). The van der Waals surface area contributed by atoms with Crippen molar-refractivity contribution < 1.29 is 9.90 Å². The molecule has 0 aliphatic rings. The maximum Gasteiger partial charge on any atom is 0.277 e. The average molecular weight is 309 g/mol. The van der Waals surface area contributed by atoms with E-state index in [1.807, 2.05) is 31.2 Å². The lowest BCUT2D eigenvalue weighted by Gasteiger charge is -2.06. The monoisotopic (exact) mass is 309 g/mol. The minimum atomic E-state index is -0.411. The van der Waals surface area contributed by atoms with Crippen molar-refractivity contribution in [2.24, 2.45) is 0 Å². The van der Waals surface area contributed by atoms with Gasteiger partial charge in [-0.05, 0) is 30.7 Å². The first-order chi connectivity index (χ1) is 11.2. The van der Waals surface area contributed by atoms with E-state index in [4.69, 9.17) is 0 Å². The van der Waals surface area contributed by atoms with Crippen molar-refractivity contribution in [3.05, 3.63) is 65.7 Å². The molecule has 2 heterocycles. The van der Waals surface area contributed by atoms with E-state index in [1.165, 1.54) is 10.9 Å². The smallest absolute Gasteiger partial charge is 0.277 e. The third kappa shape index (κ3) is 3.24. The van der Waals surface area contributed by atoms with Crippen LogP contribution >= 0.6 is 0 Å². The van der Waals surface area contributed by atoms with Crippen molar-refractivity contribution in [3.63, 3.8) is 0 Å². The van der Waals surface area contributed by atoms with E-state index >= 15 is 0 Å². The predicted molar refractivity (Wildman–Crippen MR) is 84.2 cm³/mol. The quantitative estimate of drug-likeness (QED) is 0.765. The highest BCUT2D eigenvalue weighted by molar-refractivity contribution is 6.02. The van der Waals surface area contributed by atoms with E-state index in [0.717, 1.165) is 11.3 Å². The molecule has 2 N–H and O–H groups in total. The Labute approximate surface area is 132 Å². The molecule has 0 saturated heterocycles. The van der Waals surface area contributed by atoms with Gasteiger partial charge in [-0.15, -0.1) is 5.10 Å². The molecule has 0 aliphatic carbocycles. The SMILES string of the molecule is Cc1cccc(-n2cc(C(=O)Nc3cnccc3CO)nn2)c1. The molecule has 1 amide bonds. The zero-order valence-electron chi connectivity index (χ0n) is 12.5. The van der Waals surface area contributed by atoms with Gasteiger partial charge in [-0.1, -0.05) is 17.3 Å². The van der Waals surface area contributed by atoms with E-state index < -0.39 is 5.91 Å². The number of anilines is 1. The van der Waals surface area contributed by atoms with Crippen molar-refractivity contribution in [1.29, 1.82) is 0 Å². The molecule has 0 unspecified atom stereocenters. The van der Waals surface area contributed by atoms with Crippen LogP contribution in [-0.4, -0.2) is 31.0 Å². The van der Waals surface area contributed by atoms with Crippen LogP contribution < -0.4 is 5.32 Å². The van der Waals surface area contributed by atoms with E-state index in [9.17, 15) is 9.90 Å². The number of nitrogens with one attached hydrogen (secondary N) is 1. The highest BCUT2D eigenvalue weighted by atomic mass is 16.3. The first-order valence-electron chi connectivity index (χ1n) is 7.02. The highest BCUT2D eigenvalue weighted by Crippen LogP contribution is 2.15.